The normalized spacial score (nSPS) is 6.00. The predicted octanol–water partition coefficient (Wildman–Crippen LogP) is -0.490. The average molecular weight is 120 g/mol. The van der Waals surface area contributed by atoms with Crippen LogP contribution in [0.3, 0.4) is 0 Å². The second-order valence-corrected chi connectivity index (χ2v) is 0.365. The van der Waals surface area contributed by atoms with Crippen molar-refractivity contribution in [2.24, 2.45) is 0 Å². The average Bonchev–Trinajstić information content (AvgIpc) is 1.37. The first-order valence-electron chi connectivity index (χ1n) is 0.983. The van der Waals surface area contributed by atoms with Gasteiger partial charge in [-0.3, -0.25) is 0 Å². The van der Waals surface area contributed by atoms with E-state index in [1.807, 2.05) is 0 Å². The molecule has 0 amide bonds. The van der Waals surface area contributed by atoms with E-state index in [0.29, 0.717) is 6.61 Å². The van der Waals surface area contributed by atoms with Crippen LogP contribution in [0.1, 0.15) is 0 Å². The molecule has 0 saturated carbocycles. The summed E-state index contributed by atoms with van der Waals surface area (Å²) in [5, 5.41) is 15.1. The largest absolute Gasteiger partial charge is 0.564 e. The molecule has 0 fully saturated rings. The molecule has 0 unspecified atom stereocenters. The summed E-state index contributed by atoms with van der Waals surface area (Å²) in [4.78, 5) is 0. The molecule has 0 aromatic heterocycles. The molecule has 0 spiro atoms. The molecule has 0 aromatic carbocycles. The molecule has 0 radical (unpaired) electrons. The second kappa shape index (κ2) is 8.83. The van der Waals surface area contributed by atoms with E-state index in [0.717, 1.165) is 0 Å². The Morgan fingerprint density at radius 2 is 1.80 bits per heavy atom. The second-order valence-electron chi connectivity index (χ2n) is 0.365. The van der Waals surface area contributed by atoms with Crippen molar-refractivity contribution in [1.82, 2.24) is 0 Å². The Balaban J connectivity index is 0. The first kappa shape index (κ1) is 9.05. The topological polar surface area (TPSA) is 40.5 Å². The molecule has 0 aliphatic carbocycles. The molecule has 0 bridgehead atoms. The molecular formula is C2H5NiO2-. The fourth-order valence-corrected chi connectivity index (χ4v) is 0. The molecule has 0 aliphatic heterocycles. The van der Waals surface area contributed by atoms with Crippen molar-refractivity contribution in [2.45, 2.75) is 0 Å². The minimum atomic E-state index is -0.250. The zero-order chi connectivity index (χ0) is 3.41. The van der Waals surface area contributed by atoms with Crippen LogP contribution >= 0.6 is 0 Å². The zero-order valence-electron chi connectivity index (χ0n) is 2.50. The van der Waals surface area contributed by atoms with Crippen LogP contribution in [-0.4, -0.2) is 16.8 Å². The minimum Gasteiger partial charge on any atom is -0.564 e. The van der Waals surface area contributed by atoms with Crippen LogP contribution in [0.2, 0.25) is 0 Å². The van der Waals surface area contributed by atoms with Gasteiger partial charge in [0.1, 0.15) is 0 Å². The maximum absolute atomic E-state index is 7.57. The maximum Gasteiger partial charge on any atom is 0 e. The van der Waals surface area contributed by atoms with Crippen LogP contribution in [0.4, 0.5) is 0 Å². The Kier molecular flexibility index (Phi) is 16.0. The molecule has 0 atom stereocenters. The number of aliphatic hydroxyl groups excluding tert-OH is 2. The molecular weight excluding hydrogens is 115 g/mol. The molecule has 36 valence electrons. The van der Waals surface area contributed by atoms with Crippen molar-refractivity contribution in [3.8, 4) is 0 Å². The monoisotopic (exact) mass is 119 g/mol. The van der Waals surface area contributed by atoms with Crippen LogP contribution in [0, 0.1) is 6.61 Å². The molecule has 3 heteroatoms. The quantitative estimate of drug-likeness (QED) is 0.362. The van der Waals surface area contributed by atoms with Gasteiger partial charge in [0.2, 0.25) is 0 Å². The first-order valence-corrected chi connectivity index (χ1v) is 0.983. The van der Waals surface area contributed by atoms with E-state index in [9.17, 15) is 0 Å². The van der Waals surface area contributed by atoms with E-state index in [-0.39, 0.29) is 23.1 Å². The smallest absolute Gasteiger partial charge is 0 e. The number of hydrogen-bond donors (Lipinski definition) is 2. The fourth-order valence-electron chi connectivity index (χ4n) is 0. The standard InChI is InChI=1S/C2H5O2.Ni/c3-1-2-4;/h1,3-4H,2H2;/q-1;. The Morgan fingerprint density at radius 3 is 1.80 bits per heavy atom. The van der Waals surface area contributed by atoms with Crippen molar-refractivity contribution in [2.75, 3.05) is 6.61 Å². The Morgan fingerprint density at radius 1 is 1.60 bits per heavy atom. The molecule has 5 heavy (non-hydrogen) atoms. The summed E-state index contributed by atoms with van der Waals surface area (Å²) in [6.07, 6.45) is 0. The van der Waals surface area contributed by atoms with Crippen molar-refractivity contribution in [3.05, 3.63) is 6.61 Å². The first-order chi connectivity index (χ1) is 1.91. The molecule has 2 nitrogen and oxygen atoms in total. The van der Waals surface area contributed by atoms with Gasteiger partial charge >= 0.3 is 0 Å². The van der Waals surface area contributed by atoms with Crippen LogP contribution in [-0.2, 0) is 16.5 Å². The third-order valence-electron chi connectivity index (χ3n) is 0.0816. The van der Waals surface area contributed by atoms with Gasteiger partial charge in [-0.2, -0.15) is 6.61 Å². The van der Waals surface area contributed by atoms with Crippen molar-refractivity contribution < 1.29 is 26.7 Å². The van der Waals surface area contributed by atoms with Crippen molar-refractivity contribution in [3.63, 3.8) is 0 Å². The van der Waals surface area contributed by atoms with Crippen LogP contribution < -0.4 is 0 Å². The van der Waals surface area contributed by atoms with Gasteiger partial charge in [0.05, 0.1) is 0 Å². The van der Waals surface area contributed by atoms with Crippen LogP contribution in [0.25, 0.3) is 0 Å². The third kappa shape index (κ3) is 12.9. The van der Waals surface area contributed by atoms with E-state index >= 15 is 0 Å². The minimum absolute atomic E-state index is 0. The van der Waals surface area contributed by atoms with Gasteiger partial charge in [0.15, 0.2) is 0 Å². The molecule has 0 aromatic rings. The van der Waals surface area contributed by atoms with E-state index in [1.165, 1.54) is 0 Å². The van der Waals surface area contributed by atoms with Crippen LogP contribution in [0.5, 0.6) is 0 Å². The van der Waals surface area contributed by atoms with Gasteiger partial charge in [-0.05, 0) is 0 Å². The Bertz CT molecular complexity index is 9.61. The van der Waals surface area contributed by atoms with E-state index in [1.54, 1.807) is 0 Å². The van der Waals surface area contributed by atoms with Gasteiger partial charge < -0.3 is 10.2 Å². The summed E-state index contributed by atoms with van der Waals surface area (Å²) in [6.45, 7) is 0.431. The van der Waals surface area contributed by atoms with E-state index in [4.69, 9.17) is 10.2 Å². The SMILES string of the molecule is O[CH-]CO.[Ni]. The molecule has 0 saturated heterocycles. The Labute approximate surface area is 40.7 Å². The molecule has 2 N–H and O–H groups in total. The fraction of sp³-hybridized carbons (Fsp3) is 0.500. The van der Waals surface area contributed by atoms with Crippen molar-refractivity contribution >= 4 is 0 Å². The summed E-state index contributed by atoms with van der Waals surface area (Å²) in [5.41, 5.74) is 0. The summed E-state index contributed by atoms with van der Waals surface area (Å²) in [7, 11) is 0. The molecule has 0 rings (SSSR count). The molecule has 0 aliphatic rings. The van der Waals surface area contributed by atoms with Gasteiger partial charge in [-0.25, -0.2) is 0 Å². The van der Waals surface area contributed by atoms with Gasteiger partial charge in [-0.1, -0.05) is 6.61 Å². The van der Waals surface area contributed by atoms with Gasteiger partial charge in [0, 0.05) is 16.5 Å². The van der Waals surface area contributed by atoms with Crippen LogP contribution in [0.15, 0.2) is 0 Å². The van der Waals surface area contributed by atoms with E-state index < -0.39 is 0 Å². The zero-order valence-corrected chi connectivity index (χ0v) is 3.48. The van der Waals surface area contributed by atoms with E-state index in [2.05, 4.69) is 0 Å². The molecule has 0 heterocycles. The third-order valence-corrected chi connectivity index (χ3v) is 0.0816. The summed E-state index contributed by atoms with van der Waals surface area (Å²) >= 11 is 0. The number of rotatable bonds is 1. The number of hydrogen-bond acceptors (Lipinski definition) is 2. The number of aliphatic hydroxyl groups is 2. The maximum atomic E-state index is 7.57. The van der Waals surface area contributed by atoms with Gasteiger partial charge in [-0.15, -0.1) is 0 Å². The van der Waals surface area contributed by atoms with Gasteiger partial charge in [0.25, 0.3) is 0 Å². The summed E-state index contributed by atoms with van der Waals surface area (Å²) < 4.78 is 0. The Hall–Kier alpha value is 0.414. The summed E-state index contributed by atoms with van der Waals surface area (Å²) in [6, 6.07) is 0. The van der Waals surface area contributed by atoms with Crippen molar-refractivity contribution in [1.29, 1.82) is 0 Å². The predicted molar refractivity (Wildman–Crippen MR) is 13.3 cm³/mol. The summed E-state index contributed by atoms with van der Waals surface area (Å²) in [5.74, 6) is 0.